The fourth-order valence-electron chi connectivity index (χ4n) is 1.97. The van der Waals surface area contributed by atoms with Crippen LogP contribution in [0, 0.1) is 0 Å². The highest BCUT2D eigenvalue weighted by molar-refractivity contribution is 5.99. The summed E-state index contributed by atoms with van der Waals surface area (Å²) in [5, 5.41) is 0. The van der Waals surface area contributed by atoms with Crippen LogP contribution in [0.2, 0.25) is 0 Å². The Kier molecular flexibility index (Phi) is 6.69. The zero-order chi connectivity index (χ0) is 14.4. The number of benzene rings is 1. The van der Waals surface area contributed by atoms with Gasteiger partial charge in [0.1, 0.15) is 11.5 Å². The Balaban J connectivity index is 0.00000220. The highest BCUT2D eigenvalue weighted by Gasteiger charge is 2.13. The van der Waals surface area contributed by atoms with Crippen molar-refractivity contribution in [2.75, 3.05) is 14.2 Å². The predicted molar refractivity (Wildman–Crippen MR) is 83.7 cm³/mol. The molecule has 0 spiro atoms. The number of nitrogens with zero attached hydrogens (tertiary/aromatic N) is 1. The molecule has 0 fully saturated rings. The molecule has 0 aliphatic heterocycles. The summed E-state index contributed by atoms with van der Waals surface area (Å²) < 4.78 is 10.4. The van der Waals surface area contributed by atoms with Gasteiger partial charge in [0, 0.05) is 24.9 Å². The molecule has 0 unspecified atom stereocenters. The quantitative estimate of drug-likeness (QED) is 0.768. The van der Waals surface area contributed by atoms with Gasteiger partial charge in [-0.25, -0.2) is 0 Å². The van der Waals surface area contributed by atoms with E-state index < -0.39 is 0 Å². The number of halogens is 1. The number of Topliss-reactive ketones (excluding diaryl/α,β-unsaturated/α-hetero) is 1. The molecule has 0 aliphatic carbocycles. The smallest absolute Gasteiger partial charge is 0.166 e. The second kappa shape index (κ2) is 8.27. The largest absolute Gasteiger partial charge is 0.497 e. The van der Waals surface area contributed by atoms with Gasteiger partial charge in [0.05, 0.1) is 19.8 Å². The van der Waals surface area contributed by atoms with Gasteiger partial charge in [0.2, 0.25) is 0 Å². The molecule has 0 N–H and O–H groups in total. The van der Waals surface area contributed by atoms with Gasteiger partial charge < -0.3 is 9.47 Å². The lowest BCUT2D eigenvalue weighted by Gasteiger charge is -2.09. The first-order valence-electron chi connectivity index (χ1n) is 6.38. The van der Waals surface area contributed by atoms with Crippen LogP contribution in [-0.2, 0) is 6.42 Å². The third kappa shape index (κ3) is 4.46. The Bertz CT molecular complexity index is 587. The molecular weight excluding hydrogens is 290 g/mol. The van der Waals surface area contributed by atoms with E-state index in [-0.39, 0.29) is 18.2 Å². The van der Waals surface area contributed by atoms with Gasteiger partial charge >= 0.3 is 0 Å². The summed E-state index contributed by atoms with van der Waals surface area (Å²) in [6, 6.07) is 9.06. The third-order valence-electron chi connectivity index (χ3n) is 3.10. The zero-order valence-corrected chi connectivity index (χ0v) is 12.9. The average Bonchev–Trinajstić information content (AvgIpc) is 2.52. The van der Waals surface area contributed by atoms with Gasteiger partial charge in [-0.2, -0.15) is 0 Å². The summed E-state index contributed by atoms with van der Waals surface area (Å²) in [4.78, 5) is 16.2. The number of carbonyl (C=O) groups excluding carboxylic acids is 1. The molecule has 2 rings (SSSR count). The lowest BCUT2D eigenvalue weighted by molar-refractivity contribution is 0.0980. The van der Waals surface area contributed by atoms with Crippen molar-refractivity contribution in [3.05, 3.63) is 53.9 Å². The Morgan fingerprint density at radius 1 is 1.10 bits per heavy atom. The van der Waals surface area contributed by atoms with E-state index in [0.717, 1.165) is 5.56 Å². The number of carbonyl (C=O) groups is 1. The zero-order valence-electron chi connectivity index (χ0n) is 12.0. The molecule has 4 nitrogen and oxygen atoms in total. The van der Waals surface area contributed by atoms with Gasteiger partial charge in [-0.15, -0.1) is 12.4 Å². The standard InChI is InChI=1S/C16H17NO3.ClH/c1-19-13-4-5-14(16(11-13)20-2)15(18)6-3-12-7-9-17-10-8-12;/h4-5,7-11H,3,6H2,1-2H3;1H. The van der Waals surface area contributed by atoms with E-state index in [1.54, 1.807) is 44.8 Å². The van der Waals surface area contributed by atoms with Crippen LogP contribution in [0.15, 0.2) is 42.7 Å². The second-order valence-electron chi connectivity index (χ2n) is 4.34. The number of ether oxygens (including phenoxy) is 2. The van der Waals surface area contributed by atoms with Crippen LogP contribution in [0.1, 0.15) is 22.3 Å². The van der Waals surface area contributed by atoms with E-state index in [9.17, 15) is 4.79 Å². The molecule has 5 heteroatoms. The summed E-state index contributed by atoms with van der Waals surface area (Å²) in [6.07, 6.45) is 4.59. The van der Waals surface area contributed by atoms with E-state index in [4.69, 9.17) is 9.47 Å². The Morgan fingerprint density at radius 3 is 2.43 bits per heavy atom. The van der Waals surface area contributed by atoms with Gasteiger partial charge in [-0.1, -0.05) is 0 Å². The van der Waals surface area contributed by atoms with Crippen LogP contribution < -0.4 is 9.47 Å². The third-order valence-corrected chi connectivity index (χ3v) is 3.10. The second-order valence-corrected chi connectivity index (χ2v) is 4.34. The molecule has 0 saturated heterocycles. The van der Waals surface area contributed by atoms with Gasteiger partial charge in [0.15, 0.2) is 5.78 Å². The number of methoxy groups -OCH3 is 2. The normalized spacial score (nSPS) is 9.62. The maximum atomic E-state index is 12.3. The Hall–Kier alpha value is -2.07. The van der Waals surface area contributed by atoms with Gasteiger partial charge in [0.25, 0.3) is 0 Å². The van der Waals surface area contributed by atoms with Crippen molar-refractivity contribution >= 4 is 18.2 Å². The maximum Gasteiger partial charge on any atom is 0.166 e. The monoisotopic (exact) mass is 307 g/mol. The van der Waals surface area contributed by atoms with E-state index in [1.165, 1.54) is 0 Å². The first-order chi connectivity index (χ1) is 9.74. The van der Waals surface area contributed by atoms with Crippen molar-refractivity contribution < 1.29 is 14.3 Å². The summed E-state index contributed by atoms with van der Waals surface area (Å²) in [5.74, 6) is 1.28. The average molecular weight is 308 g/mol. The van der Waals surface area contributed by atoms with E-state index in [2.05, 4.69) is 4.98 Å². The molecule has 0 bridgehead atoms. The van der Waals surface area contributed by atoms with Crippen LogP contribution in [0.4, 0.5) is 0 Å². The van der Waals surface area contributed by atoms with Crippen LogP contribution in [-0.4, -0.2) is 25.0 Å². The van der Waals surface area contributed by atoms with Crippen LogP contribution in [0.5, 0.6) is 11.5 Å². The van der Waals surface area contributed by atoms with Crippen LogP contribution in [0.3, 0.4) is 0 Å². The number of hydrogen-bond acceptors (Lipinski definition) is 4. The summed E-state index contributed by atoms with van der Waals surface area (Å²) in [6.45, 7) is 0. The van der Waals surface area contributed by atoms with E-state index in [0.29, 0.717) is 29.9 Å². The minimum Gasteiger partial charge on any atom is -0.497 e. The number of ketones is 1. The van der Waals surface area contributed by atoms with E-state index in [1.807, 2.05) is 12.1 Å². The molecule has 21 heavy (non-hydrogen) atoms. The van der Waals surface area contributed by atoms with Gasteiger partial charge in [-0.05, 0) is 36.2 Å². The molecule has 0 amide bonds. The van der Waals surface area contributed by atoms with Crippen molar-refractivity contribution in [3.63, 3.8) is 0 Å². The van der Waals surface area contributed by atoms with Crippen molar-refractivity contribution in [1.29, 1.82) is 0 Å². The minimum atomic E-state index is 0. The number of rotatable bonds is 6. The fourth-order valence-corrected chi connectivity index (χ4v) is 1.97. The molecule has 2 aromatic rings. The Morgan fingerprint density at radius 2 is 1.81 bits per heavy atom. The Labute approximate surface area is 130 Å². The number of hydrogen-bond donors (Lipinski definition) is 0. The maximum absolute atomic E-state index is 12.3. The molecule has 0 aliphatic rings. The number of aromatic nitrogens is 1. The van der Waals surface area contributed by atoms with Crippen molar-refractivity contribution in [3.8, 4) is 11.5 Å². The van der Waals surface area contributed by atoms with Crippen molar-refractivity contribution in [2.24, 2.45) is 0 Å². The molecule has 112 valence electrons. The first-order valence-corrected chi connectivity index (χ1v) is 6.38. The fraction of sp³-hybridized carbons (Fsp3) is 0.250. The molecule has 1 aromatic carbocycles. The highest BCUT2D eigenvalue weighted by atomic mass is 35.5. The summed E-state index contributed by atoms with van der Waals surface area (Å²) in [5.41, 5.74) is 1.68. The number of aryl methyl sites for hydroxylation is 1. The SMILES string of the molecule is COc1ccc(C(=O)CCc2ccncc2)c(OC)c1.Cl. The lowest BCUT2D eigenvalue weighted by Crippen LogP contribution is -2.04. The molecule has 0 saturated carbocycles. The highest BCUT2D eigenvalue weighted by Crippen LogP contribution is 2.25. The predicted octanol–water partition coefficient (Wildman–Crippen LogP) is 3.34. The summed E-state index contributed by atoms with van der Waals surface area (Å²) in [7, 11) is 3.13. The molecule has 0 radical (unpaired) electrons. The summed E-state index contributed by atoms with van der Waals surface area (Å²) >= 11 is 0. The van der Waals surface area contributed by atoms with Crippen molar-refractivity contribution in [1.82, 2.24) is 4.98 Å². The van der Waals surface area contributed by atoms with E-state index >= 15 is 0 Å². The topological polar surface area (TPSA) is 48.4 Å². The lowest BCUT2D eigenvalue weighted by atomic mass is 10.0. The van der Waals surface area contributed by atoms with Crippen molar-refractivity contribution in [2.45, 2.75) is 12.8 Å². The minimum absolute atomic E-state index is 0. The first kappa shape index (κ1) is 17.0. The van der Waals surface area contributed by atoms with Gasteiger partial charge in [-0.3, -0.25) is 9.78 Å². The molecule has 1 heterocycles. The van der Waals surface area contributed by atoms with Crippen LogP contribution in [0.25, 0.3) is 0 Å². The number of pyridine rings is 1. The molecular formula is C16H18ClNO3. The molecule has 1 aromatic heterocycles. The molecule has 0 atom stereocenters. The van der Waals surface area contributed by atoms with Crippen LogP contribution >= 0.6 is 12.4 Å².